The van der Waals surface area contributed by atoms with Gasteiger partial charge in [0.1, 0.15) is 0 Å². The molecule has 1 aliphatic carbocycles. The van der Waals surface area contributed by atoms with Crippen molar-refractivity contribution in [3.8, 4) is 0 Å². The lowest BCUT2D eigenvalue weighted by Gasteiger charge is -2.01. The van der Waals surface area contributed by atoms with Crippen molar-refractivity contribution >= 4 is 11.8 Å². The number of rotatable bonds is 2. The maximum Gasteiger partial charge on any atom is 0.0971 e. The van der Waals surface area contributed by atoms with Crippen molar-refractivity contribution in [2.24, 2.45) is 0 Å². The second kappa shape index (κ2) is 4.89. The molecule has 0 saturated carbocycles. The van der Waals surface area contributed by atoms with Gasteiger partial charge in [0, 0.05) is 16.2 Å². The predicted molar refractivity (Wildman–Crippen MR) is 64.9 cm³/mol. The van der Waals surface area contributed by atoms with Crippen LogP contribution in [0.4, 0.5) is 0 Å². The first-order valence-corrected chi connectivity index (χ1v) is 5.65. The van der Waals surface area contributed by atoms with Crippen molar-refractivity contribution in [1.82, 2.24) is 0 Å². The van der Waals surface area contributed by atoms with Gasteiger partial charge in [-0.2, -0.15) is 0 Å². The van der Waals surface area contributed by atoms with Crippen molar-refractivity contribution in [3.05, 3.63) is 65.3 Å². The molecule has 1 aromatic rings. The highest BCUT2D eigenvalue weighted by Gasteiger charge is 2.01. The summed E-state index contributed by atoms with van der Waals surface area (Å²) in [7, 11) is 0. The molecular formula is C13H12OS. The smallest absolute Gasteiger partial charge is 0.0971 e. The lowest BCUT2D eigenvalue weighted by atomic mass is 10.3. The summed E-state index contributed by atoms with van der Waals surface area (Å²) in [5.41, 5.74) is 0. The minimum Gasteiger partial charge on any atom is -0.512 e. The Morgan fingerprint density at radius 2 is 1.93 bits per heavy atom. The summed E-state index contributed by atoms with van der Waals surface area (Å²) in [5.74, 6) is 0.415. The van der Waals surface area contributed by atoms with Gasteiger partial charge in [-0.1, -0.05) is 42.1 Å². The Hall–Kier alpha value is -1.41. The lowest BCUT2D eigenvalue weighted by molar-refractivity contribution is 0.401. The fourth-order valence-electron chi connectivity index (χ4n) is 1.31. The third-order valence-corrected chi connectivity index (χ3v) is 3.01. The molecule has 2 rings (SSSR count). The SMILES string of the molecule is OC1=CC(Sc2ccccc2)=CC=CC1. The van der Waals surface area contributed by atoms with Crippen molar-refractivity contribution in [2.45, 2.75) is 11.3 Å². The van der Waals surface area contributed by atoms with Crippen LogP contribution in [-0.4, -0.2) is 5.11 Å². The van der Waals surface area contributed by atoms with E-state index in [9.17, 15) is 5.11 Å². The van der Waals surface area contributed by atoms with Gasteiger partial charge >= 0.3 is 0 Å². The van der Waals surface area contributed by atoms with E-state index in [2.05, 4.69) is 12.1 Å². The van der Waals surface area contributed by atoms with E-state index in [1.54, 1.807) is 11.8 Å². The molecule has 1 nitrogen and oxygen atoms in total. The van der Waals surface area contributed by atoms with Gasteiger partial charge in [-0.3, -0.25) is 0 Å². The predicted octanol–water partition coefficient (Wildman–Crippen LogP) is 4.06. The number of benzene rings is 1. The summed E-state index contributed by atoms with van der Waals surface area (Å²) in [4.78, 5) is 2.25. The zero-order valence-electron chi connectivity index (χ0n) is 8.26. The summed E-state index contributed by atoms with van der Waals surface area (Å²) in [6, 6.07) is 10.1. The molecule has 0 atom stereocenters. The van der Waals surface area contributed by atoms with Gasteiger partial charge in [0.2, 0.25) is 0 Å². The van der Waals surface area contributed by atoms with Gasteiger partial charge in [-0.15, -0.1) is 0 Å². The van der Waals surface area contributed by atoms with Crippen LogP contribution >= 0.6 is 11.8 Å². The van der Waals surface area contributed by atoms with Crippen molar-refractivity contribution < 1.29 is 5.11 Å². The molecule has 0 fully saturated rings. The van der Waals surface area contributed by atoms with E-state index in [4.69, 9.17) is 0 Å². The van der Waals surface area contributed by atoms with Gasteiger partial charge in [0.15, 0.2) is 0 Å². The molecule has 0 saturated heterocycles. The molecule has 76 valence electrons. The summed E-state index contributed by atoms with van der Waals surface area (Å²) in [5, 5.41) is 9.49. The third-order valence-electron chi connectivity index (χ3n) is 2.01. The molecule has 0 heterocycles. The molecule has 1 aliphatic rings. The molecule has 0 amide bonds. The monoisotopic (exact) mass is 216 g/mol. The number of hydrogen-bond donors (Lipinski definition) is 1. The van der Waals surface area contributed by atoms with Crippen molar-refractivity contribution in [3.63, 3.8) is 0 Å². The minimum absolute atomic E-state index is 0.415. The van der Waals surface area contributed by atoms with Crippen molar-refractivity contribution in [1.29, 1.82) is 0 Å². The minimum atomic E-state index is 0.415. The van der Waals surface area contributed by atoms with E-state index >= 15 is 0 Å². The quantitative estimate of drug-likeness (QED) is 0.804. The summed E-state index contributed by atoms with van der Waals surface area (Å²) in [6.07, 6.45) is 8.38. The van der Waals surface area contributed by atoms with E-state index in [-0.39, 0.29) is 0 Å². The van der Waals surface area contributed by atoms with Gasteiger partial charge in [-0.05, 0) is 24.3 Å². The number of hydrogen-bond acceptors (Lipinski definition) is 2. The van der Waals surface area contributed by atoms with E-state index in [0.29, 0.717) is 12.2 Å². The number of thioether (sulfide) groups is 1. The first-order chi connectivity index (χ1) is 7.34. The first kappa shape index (κ1) is 10.1. The molecule has 15 heavy (non-hydrogen) atoms. The van der Waals surface area contributed by atoms with Crippen LogP contribution in [0.1, 0.15) is 6.42 Å². The van der Waals surface area contributed by atoms with Gasteiger partial charge in [-0.25, -0.2) is 0 Å². The molecule has 1 aromatic carbocycles. The summed E-state index contributed by atoms with van der Waals surface area (Å²) in [6.45, 7) is 0. The standard InChI is InChI=1S/C13H12OS/c14-11-6-4-5-9-13(10-11)15-12-7-2-1-3-8-12/h1-5,7-10,14H,6H2. The molecule has 1 N–H and O–H groups in total. The fraction of sp³-hybridized carbons (Fsp3) is 0.0769. The molecule has 0 aromatic heterocycles. The Kier molecular flexibility index (Phi) is 3.30. The molecular weight excluding hydrogens is 204 g/mol. The molecule has 0 bridgehead atoms. The topological polar surface area (TPSA) is 20.2 Å². The van der Waals surface area contributed by atoms with Crippen LogP contribution in [0.3, 0.4) is 0 Å². The Balaban J connectivity index is 2.15. The highest BCUT2D eigenvalue weighted by Crippen LogP contribution is 2.29. The maximum atomic E-state index is 9.49. The van der Waals surface area contributed by atoms with Crippen LogP contribution in [0, 0.1) is 0 Å². The van der Waals surface area contributed by atoms with E-state index in [1.807, 2.05) is 42.5 Å². The second-order valence-corrected chi connectivity index (χ2v) is 4.40. The summed E-state index contributed by atoms with van der Waals surface area (Å²) >= 11 is 1.66. The van der Waals surface area contributed by atoms with E-state index in [1.165, 1.54) is 4.90 Å². The fourth-order valence-corrected chi connectivity index (χ4v) is 2.22. The Labute approximate surface area is 93.8 Å². The molecule has 0 radical (unpaired) electrons. The van der Waals surface area contributed by atoms with E-state index < -0.39 is 0 Å². The Morgan fingerprint density at radius 3 is 2.73 bits per heavy atom. The number of allylic oxidation sites excluding steroid dienone is 4. The molecule has 2 heteroatoms. The first-order valence-electron chi connectivity index (χ1n) is 4.84. The normalized spacial score (nSPS) is 15.5. The van der Waals surface area contributed by atoms with E-state index in [0.717, 1.165) is 4.91 Å². The largest absolute Gasteiger partial charge is 0.512 e. The lowest BCUT2D eigenvalue weighted by Crippen LogP contribution is -1.78. The highest BCUT2D eigenvalue weighted by molar-refractivity contribution is 8.03. The second-order valence-electron chi connectivity index (χ2n) is 3.25. The van der Waals surface area contributed by atoms with Gasteiger partial charge in [0.05, 0.1) is 5.76 Å². The third kappa shape index (κ3) is 3.03. The van der Waals surface area contributed by atoms with Gasteiger partial charge in [0.25, 0.3) is 0 Å². The maximum absolute atomic E-state index is 9.49. The zero-order chi connectivity index (χ0) is 10.5. The number of aliphatic hydroxyl groups is 1. The summed E-state index contributed by atoms with van der Waals surface area (Å²) < 4.78 is 0. The van der Waals surface area contributed by atoms with Crippen molar-refractivity contribution in [2.75, 3.05) is 0 Å². The average molecular weight is 216 g/mol. The average Bonchev–Trinajstić information content (AvgIpc) is 2.44. The number of aliphatic hydroxyl groups excluding tert-OH is 1. The van der Waals surface area contributed by atoms with Crippen LogP contribution in [0.2, 0.25) is 0 Å². The van der Waals surface area contributed by atoms with Crippen LogP contribution in [0.5, 0.6) is 0 Å². The Morgan fingerprint density at radius 1 is 1.13 bits per heavy atom. The zero-order valence-corrected chi connectivity index (χ0v) is 9.08. The van der Waals surface area contributed by atoms with Crippen LogP contribution < -0.4 is 0 Å². The van der Waals surface area contributed by atoms with Gasteiger partial charge < -0.3 is 5.11 Å². The van der Waals surface area contributed by atoms with Crippen LogP contribution in [-0.2, 0) is 0 Å². The molecule has 0 spiro atoms. The highest BCUT2D eigenvalue weighted by atomic mass is 32.2. The van der Waals surface area contributed by atoms with Crippen LogP contribution in [0.15, 0.2) is 70.2 Å². The molecule has 0 aliphatic heterocycles. The van der Waals surface area contributed by atoms with Crippen LogP contribution in [0.25, 0.3) is 0 Å². The Bertz CT molecular complexity index is 415. The molecule has 0 unspecified atom stereocenters.